The third-order valence-electron chi connectivity index (χ3n) is 6.03. The predicted molar refractivity (Wildman–Crippen MR) is 112 cm³/mol. The van der Waals surface area contributed by atoms with Crippen molar-refractivity contribution in [1.82, 2.24) is 14.8 Å². The maximum Gasteiger partial charge on any atom is 0.277 e. The van der Waals surface area contributed by atoms with Crippen LogP contribution in [0.15, 0.2) is 48.1 Å². The Hall–Kier alpha value is -3.55. The number of nitrogens with zero attached hydrogens (tertiary/aromatic N) is 3. The Bertz CT molecular complexity index is 1100. The SMILES string of the molecule is Cc1cc[nH+]cc1-c1ccc(NC(=O)CN2CCCC3=C2C(=O)N(C2CC2)C3=O)nc1. The van der Waals surface area contributed by atoms with E-state index >= 15 is 0 Å². The van der Waals surface area contributed by atoms with Crippen LogP contribution in [0, 0.1) is 6.92 Å². The van der Waals surface area contributed by atoms with Crippen molar-refractivity contribution in [1.29, 1.82) is 0 Å². The minimum Gasteiger partial charge on any atom is -0.357 e. The molecule has 2 aliphatic heterocycles. The van der Waals surface area contributed by atoms with Crippen molar-refractivity contribution < 1.29 is 19.4 Å². The Morgan fingerprint density at radius 2 is 2.06 bits per heavy atom. The van der Waals surface area contributed by atoms with Crippen LogP contribution in [0.2, 0.25) is 0 Å². The van der Waals surface area contributed by atoms with Gasteiger partial charge in [0, 0.05) is 36.0 Å². The van der Waals surface area contributed by atoms with Gasteiger partial charge in [-0.15, -0.1) is 0 Å². The number of nitrogens with one attached hydrogen (secondary N) is 2. The number of hydrogen-bond donors (Lipinski definition) is 1. The molecule has 0 saturated heterocycles. The van der Waals surface area contributed by atoms with Crippen LogP contribution in [0.1, 0.15) is 31.2 Å². The highest BCUT2D eigenvalue weighted by molar-refractivity contribution is 6.19. The molecular formula is C23H24N5O3+. The lowest BCUT2D eigenvalue weighted by atomic mass is 10.0. The van der Waals surface area contributed by atoms with E-state index in [-0.39, 0.29) is 30.3 Å². The Morgan fingerprint density at radius 1 is 1.23 bits per heavy atom. The average Bonchev–Trinajstić information content (AvgIpc) is 3.56. The highest BCUT2D eigenvalue weighted by Gasteiger charge is 2.48. The van der Waals surface area contributed by atoms with Crippen LogP contribution >= 0.6 is 0 Å². The number of carbonyl (C=O) groups excluding carboxylic acids is 3. The molecule has 0 unspecified atom stereocenters. The molecule has 0 bridgehead atoms. The molecule has 0 aromatic carbocycles. The van der Waals surface area contributed by atoms with Gasteiger partial charge in [0.25, 0.3) is 11.8 Å². The summed E-state index contributed by atoms with van der Waals surface area (Å²) in [5.74, 6) is -0.222. The quantitative estimate of drug-likeness (QED) is 0.746. The van der Waals surface area contributed by atoms with Gasteiger partial charge in [0.1, 0.15) is 11.5 Å². The number of anilines is 1. The van der Waals surface area contributed by atoms with E-state index in [0.29, 0.717) is 30.1 Å². The van der Waals surface area contributed by atoms with E-state index in [0.717, 1.165) is 36.0 Å². The van der Waals surface area contributed by atoms with Gasteiger partial charge >= 0.3 is 0 Å². The average molecular weight is 418 g/mol. The molecule has 1 fully saturated rings. The van der Waals surface area contributed by atoms with E-state index < -0.39 is 0 Å². The van der Waals surface area contributed by atoms with Crippen LogP contribution in [0.25, 0.3) is 11.1 Å². The zero-order valence-corrected chi connectivity index (χ0v) is 17.4. The summed E-state index contributed by atoms with van der Waals surface area (Å²) in [5.41, 5.74) is 4.10. The highest BCUT2D eigenvalue weighted by Crippen LogP contribution is 2.38. The molecule has 0 radical (unpaired) electrons. The molecule has 31 heavy (non-hydrogen) atoms. The molecule has 8 heteroatoms. The van der Waals surface area contributed by atoms with Crippen molar-refractivity contribution in [3.63, 3.8) is 0 Å². The molecule has 4 heterocycles. The molecule has 8 nitrogen and oxygen atoms in total. The van der Waals surface area contributed by atoms with Gasteiger partial charge in [-0.25, -0.2) is 9.97 Å². The van der Waals surface area contributed by atoms with Gasteiger partial charge in [0.2, 0.25) is 5.91 Å². The summed E-state index contributed by atoms with van der Waals surface area (Å²) in [5, 5.41) is 2.80. The zero-order valence-electron chi connectivity index (χ0n) is 17.4. The van der Waals surface area contributed by atoms with Gasteiger partial charge in [-0.05, 0) is 50.3 Å². The van der Waals surface area contributed by atoms with Crippen LogP contribution < -0.4 is 10.3 Å². The molecule has 1 saturated carbocycles. The number of H-pyrrole nitrogens is 1. The van der Waals surface area contributed by atoms with Gasteiger partial charge in [-0.2, -0.15) is 0 Å². The molecule has 2 aromatic rings. The normalized spacial score (nSPS) is 18.5. The van der Waals surface area contributed by atoms with Crippen molar-refractivity contribution in [2.45, 2.75) is 38.6 Å². The Morgan fingerprint density at radius 3 is 2.77 bits per heavy atom. The minimum absolute atomic E-state index is 0.0204. The molecule has 3 amide bonds. The van der Waals surface area contributed by atoms with Crippen molar-refractivity contribution in [3.8, 4) is 11.1 Å². The van der Waals surface area contributed by atoms with Crippen LogP contribution in [0.3, 0.4) is 0 Å². The molecule has 2 aromatic heterocycles. The Balaban J connectivity index is 1.27. The van der Waals surface area contributed by atoms with E-state index in [9.17, 15) is 14.4 Å². The monoisotopic (exact) mass is 418 g/mol. The van der Waals surface area contributed by atoms with E-state index in [2.05, 4.69) is 15.3 Å². The van der Waals surface area contributed by atoms with Crippen LogP contribution in [-0.2, 0) is 14.4 Å². The number of aromatic nitrogens is 2. The number of hydrogen-bond acceptors (Lipinski definition) is 5. The fraction of sp³-hybridized carbons (Fsp3) is 0.348. The molecule has 2 N–H and O–H groups in total. The predicted octanol–water partition coefficient (Wildman–Crippen LogP) is 1.69. The number of imide groups is 1. The van der Waals surface area contributed by atoms with Gasteiger partial charge in [0.15, 0.2) is 12.4 Å². The van der Waals surface area contributed by atoms with Gasteiger partial charge in [-0.1, -0.05) is 0 Å². The van der Waals surface area contributed by atoms with Crippen LogP contribution in [-0.4, -0.2) is 51.6 Å². The van der Waals surface area contributed by atoms with Gasteiger partial charge < -0.3 is 10.2 Å². The largest absolute Gasteiger partial charge is 0.357 e. The first-order valence-electron chi connectivity index (χ1n) is 10.6. The maximum absolute atomic E-state index is 12.8. The summed E-state index contributed by atoms with van der Waals surface area (Å²) in [7, 11) is 0. The summed E-state index contributed by atoms with van der Waals surface area (Å²) in [6, 6.07) is 5.70. The Labute approximate surface area is 180 Å². The topological polar surface area (TPSA) is 96.8 Å². The highest BCUT2D eigenvalue weighted by atomic mass is 16.2. The van der Waals surface area contributed by atoms with Crippen molar-refractivity contribution in [3.05, 3.63) is 53.6 Å². The number of amides is 3. The Kier molecular flexibility index (Phi) is 4.77. The van der Waals surface area contributed by atoms with Crippen LogP contribution in [0.5, 0.6) is 0 Å². The first-order valence-corrected chi connectivity index (χ1v) is 10.6. The second kappa shape index (κ2) is 7.61. The number of aromatic amines is 1. The molecule has 0 spiro atoms. The number of pyridine rings is 2. The summed E-state index contributed by atoms with van der Waals surface area (Å²) in [6.45, 7) is 2.63. The smallest absolute Gasteiger partial charge is 0.277 e. The molecule has 5 rings (SSSR count). The van der Waals surface area contributed by atoms with Crippen molar-refractivity contribution >= 4 is 23.5 Å². The first-order chi connectivity index (χ1) is 15.0. The number of aryl methyl sites for hydroxylation is 1. The molecular weight excluding hydrogens is 394 g/mol. The van der Waals surface area contributed by atoms with Gasteiger partial charge in [-0.3, -0.25) is 19.3 Å². The van der Waals surface area contributed by atoms with Crippen molar-refractivity contribution in [2.24, 2.45) is 0 Å². The third kappa shape index (κ3) is 3.58. The summed E-state index contributed by atoms with van der Waals surface area (Å²) >= 11 is 0. The molecule has 1 aliphatic carbocycles. The fourth-order valence-corrected chi connectivity index (χ4v) is 4.32. The first kappa shape index (κ1) is 19.4. The lowest BCUT2D eigenvalue weighted by molar-refractivity contribution is -0.377. The van der Waals surface area contributed by atoms with Gasteiger partial charge in [0.05, 0.1) is 12.1 Å². The fourth-order valence-electron chi connectivity index (χ4n) is 4.32. The lowest BCUT2D eigenvalue weighted by Crippen LogP contribution is -2.40. The number of carbonyl (C=O) groups is 3. The summed E-state index contributed by atoms with van der Waals surface area (Å²) in [6.07, 6.45) is 8.61. The van der Waals surface area contributed by atoms with E-state index in [1.807, 2.05) is 31.5 Å². The molecule has 0 atom stereocenters. The summed E-state index contributed by atoms with van der Waals surface area (Å²) < 4.78 is 0. The minimum atomic E-state index is -0.261. The zero-order chi connectivity index (χ0) is 21.5. The van der Waals surface area contributed by atoms with Crippen molar-refractivity contribution in [2.75, 3.05) is 18.4 Å². The lowest BCUT2D eigenvalue weighted by Gasteiger charge is -2.28. The van der Waals surface area contributed by atoms with E-state index in [4.69, 9.17) is 0 Å². The van der Waals surface area contributed by atoms with E-state index in [1.54, 1.807) is 17.2 Å². The second-order valence-electron chi connectivity index (χ2n) is 8.29. The van der Waals surface area contributed by atoms with Crippen LogP contribution in [0.4, 0.5) is 5.82 Å². The standard InChI is InChI=1S/C23H23N5O3/c1-14-8-9-24-12-18(14)15-4-7-19(25-11-15)26-20(29)13-27-10-2-3-17-21(27)23(31)28(22(17)30)16-5-6-16/h4,7-9,11-12,16H,2-3,5-6,10,13H2,1H3,(H,25,26,29)/p+1. The second-order valence-corrected chi connectivity index (χ2v) is 8.29. The number of rotatable bonds is 5. The maximum atomic E-state index is 12.8. The molecule has 3 aliphatic rings. The van der Waals surface area contributed by atoms with E-state index in [1.165, 1.54) is 4.90 Å². The summed E-state index contributed by atoms with van der Waals surface area (Å²) in [4.78, 5) is 48.7. The third-order valence-corrected chi connectivity index (χ3v) is 6.03. The molecule has 158 valence electrons.